The maximum absolute atomic E-state index is 11.9. The molecular weight excluding hydrogens is 507 g/mol. The molecule has 3 aromatic rings. The van der Waals surface area contributed by atoms with Gasteiger partial charge in [-0.1, -0.05) is 29.8 Å². The first-order valence-electron chi connectivity index (χ1n) is 8.78. The second-order valence-corrected chi connectivity index (χ2v) is 7.39. The Morgan fingerprint density at radius 2 is 2.07 bits per heavy atom. The van der Waals surface area contributed by atoms with Crippen molar-refractivity contribution >= 4 is 46.3 Å². The van der Waals surface area contributed by atoms with Gasteiger partial charge in [0.15, 0.2) is 17.3 Å². The van der Waals surface area contributed by atoms with Crippen LogP contribution in [0.2, 0.25) is 5.02 Å². The molecule has 0 aliphatic heterocycles. The summed E-state index contributed by atoms with van der Waals surface area (Å²) < 4.78 is 17.6. The minimum absolute atomic E-state index is 0.190. The smallest absolute Gasteiger partial charge is 0.307 e. The van der Waals surface area contributed by atoms with Crippen LogP contribution in [0.3, 0.4) is 0 Å². The van der Waals surface area contributed by atoms with Crippen LogP contribution in [0.15, 0.2) is 64.3 Å². The number of carbonyl (C=O) groups is 1. The minimum Gasteiger partial charge on any atom is -0.490 e. The monoisotopic (exact) mass is 524 g/mol. The van der Waals surface area contributed by atoms with Crippen molar-refractivity contribution < 1.29 is 18.7 Å². The molecule has 1 heterocycles. The van der Waals surface area contributed by atoms with E-state index in [1.54, 1.807) is 18.2 Å². The Morgan fingerprint density at radius 1 is 1.24 bits per heavy atom. The van der Waals surface area contributed by atoms with E-state index >= 15 is 0 Å². The average molecular weight is 525 g/mol. The van der Waals surface area contributed by atoms with Crippen molar-refractivity contribution in [3.8, 4) is 11.5 Å². The second kappa shape index (κ2) is 10.3. The van der Waals surface area contributed by atoms with E-state index in [1.165, 1.54) is 12.5 Å². The van der Waals surface area contributed by atoms with Gasteiger partial charge in [-0.25, -0.2) is 5.43 Å². The third kappa shape index (κ3) is 5.74. The first kappa shape index (κ1) is 21.2. The van der Waals surface area contributed by atoms with Crippen molar-refractivity contribution in [3.63, 3.8) is 0 Å². The van der Waals surface area contributed by atoms with Crippen molar-refractivity contribution in [2.75, 3.05) is 6.61 Å². The van der Waals surface area contributed by atoms with Crippen LogP contribution in [-0.4, -0.2) is 18.7 Å². The molecule has 0 bridgehead atoms. The lowest BCUT2D eigenvalue weighted by molar-refractivity contribution is 0.0927. The van der Waals surface area contributed by atoms with Crippen LogP contribution >= 0.6 is 34.2 Å². The lowest BCUT2D eigenvalue weighted by atomic mass is 10.2. The summed E-state index contributed by atoms with van der Waals surface area (Å²) in [4.78, 5) is 11.9. The molecule has 0 aliphatic rings. The number of furan rings is 1. The molecule has 1 aromatic heterocycles. The van der Waals surface area contributed by atoms with Crippen LogP contribution in [0.4, 0.5) is 0 Å². The Bertz CT molecular complexity index is 1010. The summed E-state index contributed by atoms with van der Waals surface area (Å²) in [5.74, 6) is 0.982. The molecule has 0 unspecified atom stereocenters. The highest BCUT2D eigenvalue weighted by molar-refractivity contribution is 14.1. The Kier molecular flexibility index (Phi) is 7.54. The molecule has 0 spiro atoms. The van der Waals surface area contributed by atoms with E-state index in [1.807, 2.05) is 37.3 Å². The van der Waals surface area contributed by atoms with Crippen molar-refractivity contribution in [3.05, 3.63) is 80.3 Å². The summed E-state index contributed by atoms with van der Waals surface area (Å²) in [5.41, 5.74) is 4.06. The van der Waals surface area contributed by atoms with Gasteiger partial charge in [0, 0.05) is 10.6 Å². The number of hydrogen-bond donors (Lipinski definition) is 1. The molecule has 1 amide bonds. The molecule has 0 radical (unpaired) electrons. The van der Waals surface area contributed by atoms with Crippen LogP contribution in [0.5, 0.6) is 11.5 Å². The Balaban J connectivity index is 1.74. The number of carbonyl (C=O) groups excluding carboxylic acids is 1. The number of nitrogens with one attached hydrogen (secondary N) is 1. The molecule has 8 heteroatoms. The van der Waals surface area contributed by atoms with Gasteiger partial charge in [-0.05, 0) is 65.4 Å². The van der Waals surface area contributed by atoms with Crippen LogP contribution in [0.1, 0.15) is 28.6 Å². The predicted molar refractivity (Wildman–Crippen MR) is 120 cm³/mol. The van der Waals surface area contributed by atoms with Crippen molar-refractivity contribution in [1.82, 2.24) is 5.43 Å². The van der Waals surface area contributed by atoms with Crippen LogP contribution in [0, 0.1) is 3.57 Å². The maximum Gasteiger partial charge on any atom is 0.307 e. The maximum atomic E-state index is 11.9. The van der Waals surface area contributed by atoms with Crippen LogP contribution < -0.4 is 14.9 Å². The van der Waals surface area contributed by atoms with E-state index in [2.05, 4.69) is 33.1 Å². The fourth-order valence-electron chi connectivity index (χ4n) is 2.46. The quantitative estimate of drug-likeness (QED) is 0.247. The largest absolute Gasteiger partial charge is 0.490 e. The lowest BCUT2D eigenvalue weighted by Gasteiger charge is -2.15. The van der Waals surface area contributed by atoms with Gasteiger partial charge in [-0.2, -0.15) is 5.10 Å². The van der Waals surface area contributed by atoms with E-state index in [0.29, 0.717) is 29.7 Å². The zero-order valence-electron chi connectivity index (χ0n) is 15.5. The summed E-state index contributed by atoms with van der Waals surface area (Å²) in [6, 6.07) is 14.4. The molecule has 29 heavy (non-hydrogen) atoms. The number of ether oxygens (including phenoxy) is 2. The number of amides is 1. The third-order valence-corrected chi connectivity index (χ3v) is 4.96. The standard InChI is InChI=1S/C21H18ClIN2O4/c1-2-27-19-11-14(12-24-25-21(26)18-8-5-9-28-18)10-17(23)20(19)29-13-15-6-3-4-7-16(15)22/h3-12H,2,13H2,1H3,(H,25,26)/b24-12+. The summed E-state index contributed by atoms with van der Waals surface area (Å²) in [6.07, 6.45) is 2.96. The molecule has 1 N–H and O–H groups in total. The van der Waals surface area contributed by atoms with Gasteiger partial charge in [0.1, 0.15) is 6.61 Å². The van der Waals surface area contributed by atoms with Gasteiger partial charge in [-0.15, -0.1) is 0 Å². The molecule has 0 saturated carbocycles. The zero-order valence-corrected chi connectivity index (χ0v) is 18.4. The zero-order chi connectivity index (χ0) is 20.6. The highest BCUT2D eigenvalue weighted by Crippen LogP contribution is 2.35. The SMILES string of the molecule is CCOc1cc(/C=N/NC(=O)c2ccco2)cc(I)c1OCc1ccccc1Cl. The lowest BCUT2D eigenvalue weighted by Crippen LogP contribution is -2.16. The number of hydrazone groups is 1. The predicted octanol–water partition coefficient (Wildman–Crippen LogP) is 5.28. The Hall–Kier alpha value is -2.52. The van der Waals surface area contributed by atoms with E-state index in [4.69, 9.17) is 25.5 Å². The molecule has 0 saturated heterocycles. The summed E-state index contributed by atoms with van der Waals surface area (Å²) in [7, 11) is 0. The summed E-state index contributed by atoms with van der Waals surface area (Å²) in [6.45, 7) is 2.70. The molecular formula is C21H18ClIN2O4. The minimum atomic E-state index is -0.425. The van der Waals surface area contributed by atoms with E-state index in [0.717, 1.165) is 14.7 Å². The fraction of sp³-hybridized carbons (Fsp3) is 0.143. The molecule has 0 aliphatic carbocycles. The van der Waals surface area contributed by atoms with Gasteiger partial charge in [0.2, 0.25) is 0 Å². The van der Waals surface area contributed by atoms with Gasteiger partial charge < -0.3 is 13.9 Å². The topological polar surface area (TPSA) is 73.1 Å². The number of nitrogens with zero attached hydrogens (tertiary/aromatic N) is 1. The van der Waals surface area contributed by atoms with Gasteiger partial charge in [-0.3, -0.25) is 4.79 Å². The summed E-state index contributed by atoms with van der Waals surface area (Å²) in [5, 5.41) is 4.62. The van der Waals surface area contributed by atoms with Gasteiger partial charge >= 0.3 is 5.91 Å². The first-order chi connectivity index (χ1) is 14.1. The van der Waals surface area contributed by atoms with E-state index in [9.17, 15) is 4.79 Å². The van der Waals surface area contributed by atoms with Crippen molar-refractivity contribution in [2.45, 2.75) is 13.5 Å². The Labute approximate surface area is 187 Å². The average Bonchev–Trinajstić information content (AvgIpc) is 3.24. The van der Waals surface area contributed by atoms with E-state index < -0.39 is 5.91 Å². The molecule has 3 rings (SSSR count). The fourth-order valence-corrected chi connectivity index (χ4v) is 3.43. The van der Waals surface area contributed by atoms with Crippen LogP contribution in [-0.2, 0) is 6.61 Å². The highest BCUT2D eigenvalue weighted by atomic mass is 127. The molecule has 0 atom stereocenters. The van der Waals surface area contributed by atoms with E-state index in [-0.39, 0.29) is 5.76 Å². The Morgan fingerprint density at radius 3 is 2.79 bits per heavy atom. The first-order valence-corrected chi connectivity index (χ1v) is 10.2. The molecule has 6 nitrogen and oxygen atoms in total. The highest BCUT2D eigenvalue weighted by Gasteiger charge is 2.13. The van der Waals surface area contributed by atoms with Crippen molar-refractivity contribution in [2.24, 2.45) is 5.10 Å². The van der Waals surface area contributed by atoms with Crippen molar-refractivity contribution in [1.29, 1.82) is 0 Å². The van der Waals surface area contributed by atoms with Gasteiger partial charge in [0.05, 0.1) is 22.7 Å². The normalized spacial score (nSPS) is 10.9. The molecule has 2 aromatic carbocycles. The summed E-state index contributed by atoms with van der Waals surface area (Å²) >= 11 is 8.38. The second-order valence-electron chi connectivity index (χ2n) is 5.82. The third-order valence-electron chi connectivity index (χ3n) is 3.79. The van der Waals surface area contributed by atoms with Gasteiger partial charge in [0.25, 0.3) is 0 Å². The van der Waals surface area contributed by atoms with Crippen LogP contribution in [0.25, 0.3) is 0 Å². The number of halogens is 2. The number of benzene rings is 2. The molecule has 150 valence electrons. The number of hydrogen-bond acceptors (Lipinski definition) is 5. The molecule has 0 fully saturated rings. The number of rotatable bonds is 8.